The molecule has 3 aromatic carbocycles. The summed E-state index contributed by atoms with van der Waals surface area (Å²) in [7, 11) is 0. The van der Waals surface area contributed by atoms with Gasteiger partial charge in [-0.05, 0) is 48.5 Å². The zero-order valence-corrected chi connectivity index (χ0v) is 17.3. The third kappa shape index (κ3) is 6.16. The number of thioether (sulfide) groups is 1. The third-order valence-corrected chi connectivity index (χ3v) is 5.21. The van der Waals surface area contributed by atoms with E-state index in [9.17, 15) is 24.5 Å². The van der Waals surface area contributed by atoms with Crippen LogP contribution in [-0.2, 0) is 4.79 Å². The standard InChI is InChI=1S/C22H17N3O6S/c26-20(23-17-5-1-4-15(11-17)22(28)29)13-32-19-9-7-16(8-10-19)24-21(27)14-3-2-6-18(12-14)25(30)31/h1-12H,13H2,(H,23,26)(H,24,27)(H,28,29). The SMILES string of the molecule is O=C(CSc1ccc(NC(=O)c2cccc([N+](=O)[O-])c2)cc1)Nc1cccc(C(=O)O)c1. The molecule has 0 aliphatic heterocycles. The summed E-state index contributed by atoms with van der Waals surface area (Å²) in [5, 5.41) is 25.2. The van der Waals surface area contributed by atoms with Crippen LogP contribution >= 0.6 is 11.8 Å². The van der Waals surface area contributed by atoms with Gasteiger partial charge < -0.3 is 15.7 Å². The van der Waals surface area contributed by atoms with Crippen molar-refractivity contribution < 1.29 is 24.4 Å². The van der Waals surface area contributed by atoms with Crippen molar-refractivity contribution in [3.8, 4) is 0 Å². The topological polar surface area (TPSA) is 139 Å². The van der Waals surface area contributed by atoms with Gasteiger partial charge in [0.05, 0.1) is 16.2 Å². The van der Waals surface area contributed by atoms with Gasteiger partial charge in [0.2, 0.25) is 5.91 Å². The van der Waals surface area contributed by atoms with Crippen molar-refractivity contribution in [1.29, 1.82) is 0 Å². The van der Waals surface area contributed by atoms with Crippen molar-refractivity contribution >= 4 is 46.6 Å². The second-order valence-corrected chi connectivity index (χ2v) is 7.56. The molecule has 0 saturated carbocycles. The molecule has 0 aliphatic rings. The highest BCUT2D eigenvalue weighted by Gasteiger charge is 2.12. The van der Waals surface area contributed by atoms with E-state index in [2.05, 4.69) is 10.6 Å². The normalized spacial score (nSPS) is 10.2. The fourth-order valence-electron chi connectivity index (χ4n) is 2.67. The van der Waals surface area contributed by atoms with Crippen molar-refractivity contribution in [2.75, 3.05) is 16.4 Å². The third-order valence-electron chi connectivity index (χ3n) is 4.19. The molecule has 0 bridgehead atoms. The van der Waals surface area contributed by atoms with E-state index >= 15 is 0 Å². The lowest BCUT2D eigenvalue weighted by molar-refractivity contribution is -0.384. The average Bonchev–Trinajstić information content (AvgIpc) is 2.79. The lowest BCUT2D eigenvalue weighted by Crippen LogP contribution is -2.14. The minimum atomic E-state index is -1.08. The van der Waals surface area contributed by atoms with Gasteiger partial charge in [-0.15, -0.1) is 11.8 Å². The van der Waals surface area contributed by atoms with Crippen LogP contribution in [0.2, 0.25) is 0 Å². The predicted molar refractivity (Wildman–Crippen MR) is 120 cm³/mol. The molecule has 0 aromatic heterocycles. The fourth-order valence-corrected chi connectivity index (χ4v) is 3.37. The molecule has 10 heteroatoms. The Morgan fingerprint density at radius 1 is 0.875 bits per heavy atom. The van der Waals surface area contributed by atoms with Crippen LogP contribution in [0.1, 0.15) is 20.7 Å². The highest BCUT2D eigenvalue weighted by molar-refractivity contribution is 8.00. The molecular formula is C22H17N3O6S. The highest BCUT2D eigenvalue weighted by atomic mass is 32.2. The first-order valence-corrected chi connectivity index (χ1v) is 10.2. The smallest absolute Gasteiger partial charge is 0.335 e. The predicted octanol–water partition coefficient (Wildman–Crippen LogP) is 4.28. The van der Waals surface area contributed by atoms with Gasteiger partial charge in [-0.1, -0.05) is 12.1 Å². The maximum Gasteiger partial charge on any atom is 0.335 e. The number of nitro groups is 1. The molecule has 0 fully saturated rings. The van der Waals surface area contributed by atoms with Gasteiger partial charge in [0.1, 0.15) is 0 Å². The van der Waals surface area contributed by atoms with E-state index in [0.717, 1.165) is 4.90 Å². The molecule has 0 saturated heterocycles. The molecule has 0 aliphatic carbocycles. The number of nitrogens with zero attached hydrogens (tertiary/aromatic N) is 1. The van der Waals surface area contributed by atoms with E-state index in [0.29, 0.717) is 11.4 Å². The minimum Gasteiger partial charge on any atom is -0.478 e. The van der Waals surface area contributed by atoms with Gasteiger partial charge in [0.15, 0.2) is 0 Å². The highest BCUT2D eigenvalue weighted by Crippen LogP contribution is 2.22. The number of carbonyl (C=O) groups excluding carboxylic acids is 2. The number of rotatable bonds is 8. The number of carbonyl (C=O) groups is 3. The van der Waals surface area contributed by atoms with Gasteiger partial charge in [-0.2, -0.15) is 0 Å². The van der Waals surface area contributed by atoms with E-state index in [1.165, 1.54) is 48.2 Å². The molecule has 0 unspecified atom stereocenters. The molecule has 3 N–H and O–H groups in total. The average molecular weight is 451 g/mol. The van der Waals surface area contributed by atoms with Crippen LogP contribution in [0, 0.1) is 10.1 Å². The van der Waals surface area contributed by atoms with E-state index in [1.807, 2.05) is 0 Å². The molecule has 0 heterocycles. The van der Waals surface area contributed by atoms with E-state index in [4.69, 9.17) is 5.11 Å². The summed E-state index contributed by atoms with van der Waals surface area (Å²) in [6.45, 7) is 0. The zero-order valence-electron chi connectivity index (χ0n) is 16.5. The minimum absolute atomic E-state index is 0.0817. The Morgan fingerprint density at radius 3 is 2.25 bits per heavy atom. The summed E-state index contributed by atoms with van der Waals surface area (Å²) in [6, 6.07) is 18.2. The lowest BCUT2D eigenvalue weighted by atomic mass is 10.2. The Morgan fingerprint density at radius 2 is 1.56 bits per heavy atom. The van der Waals surface area contributed by atoms with Crippen LogP contribution in [0.5, 0.6) is 0 Å². The first kappa shape index (κ1) is 22.5. The molecule has 2 amide bonds. The van der Waals surface area contributed by atoms with Crippen LogP contribution < -0.4 is 10.6 Å². The number of anilines is 2. The second-order valence-electron chi connectivity index (χ2n) is 6.51. The Labute approximate surface area is 186 Å². The maximum absolute atomic E-state index is 12.3. The van der Waals surface area contributed by atoms with Crippen LogP contribution in [-0.4, -0.2) is 33.6 Å². The van der Waals surface area contributed by atoms with Gasteiger partial charge >= 0.3 is 5.97 Å². The molecule has 0 spiro atoms. The van der Waals surface area contributed by atoms with Gasteiger partial charge in [0, 0.05) is 34.0 Å². The monoisotopic (exact) mass is 451 g/mol. The summed E-state index contributed by atoms with van der Waals surface area (Å²) in [5.41, 5.74) is 0.979. The molecule has 32 heavy (non-hydrogen) atoms. The van der Waals surface area contributed by atoms with Crippen molar-refractivity contribution in [3.05, 3.63) is 94.0 Å². The number of hydrogen-bond donors (Lipinski definition) is 3. The largest absolute Gasteiger partial charge is 0.478 e. The number of aromatic carboxylic acids is 1. The van der Waals surface area contributed by atoms with Crippen LogP contribution in [0.15, 0.2) is 77.7 Å². The van der Waals surface area contributed by atoms with Crippen molar-refractivity contribution in [2.45, 2.75) is 4.90 Å². The fraction of sp³-hybridized carbons (Fsp3) is 0.0455. The number of hydrogen-bond acceptors (Lipinski definition) is 6. The quantitative estimate of drug-likeness (QED) is 0.264. The summed E-state index contributed by atoms with van der Waals surface area (Å²) in [4.78, 5) is 46.5. The maximum atomic E-state index is 12.3. The number of carboxylic acids is 1. The van der Waals surface area contributed by atoms with Crippen LogP contribution in [0.3, 0.4) is 0 Å². The number of amides is 2. The molecule has 3 rings (SSSR count). The Kier molecular flexibility index (Phi) is 7.19. The number of non-ortho nitro benzene ring substituents is 1. The van der Waals surface area contributed by atoms with Gasteiger partial charge in [-0.25, -0.2) is 4.79 Å². The molecule has 3 aromatic rings. The van der Waals surface area contributed by atoms with Crippen LogP contribution in [0.4, 0.5) is 17.1 Å². The summed E-state index contributed by atoms with van der Waals surface area (Å²) >= 11 is 1.27. The van der Waals surface area contributed by atoms with E-state index < -0.39 is 16.8 Å². The second kappa shape index (κ2) is 10.2. The molecule has 0 radical (unpaired) electrons. The summed E-state index contributed by atoms with van der Waals surface area (Å²) in [6.07, 6.45) is 0. The van der Waals surface area contributed by atoms with Gasteiger partial charge in [0.25, 0.3) is 11.6 Å². The molecule has 0 atom stereocenters. The first-order valence-electron chi connectivity index (χ1n) is 9.24. The van der Waals surface area contributed by atoms with E-state index in [-0.39, 0.29) is 28.5 Å². The van der Waals surface area contributed by atoms with Gasteiger partial charge in [-0.3, -0.25) is 19.7 Å². The van der Waals surface area contributed by atoms with Crippen LogP contribution in [0.25, 0.3) is 0 Å². The van der Waals surface area contributed by atoms with Crippen molar-refractivity contribution in [3.63, 3.8) is 0 Å². The first-order chi connectivity index (χ1) is 15.3. The van der Waals surface area contributed by atoms with Crippen molar-refractivity contribution in [2.24, 2.45) is 0 Å². The number of nitro benzene ring substituents is 1. The number of carboxylic acid groups (broad SMARTS) is 1. The molecule has 9 nitrogen and oxygen atoms in total. The summed E-state index contributed by atoms with van der Waals surface area (Å²) in [5.74, 6) is -1.73. The summed E-state index contributed by atoms with van der Waals surface area (Å²) < 4.78 is 0. The lowest BCUT2D eigenvalue weighted by Gasteiger charge is -2.08. The Bertz CT molecular complexity index is 1180. The molecular weight excluding hydrogens is 434 g/mol. The van der Waals surface area contributed by atoms with E-state index in [1.54, 1.807) is 36.4 Å². The Balaban J connectivity index is 1.53. The number of nitrogens with one attached hydrogen (secondary N) is 2. The zero-order chi connectivity index (χ0) is 23.1. The number of benzene rings is 3. The molecule has 162 valence electrons. The van der Waals surface area contributed by atoms with Crippen molar-refractivity contribution in [1.82, 2.24) is 0 Å². The Hall–Kier alpha value is -4.18.